The van der Waals surface area contributed by atoms with Gasteiger partial charge < -0.3 is 9.30 Å². The summed E-state index contributed by atoms with van der Waals surface area (Å²) in [4.78, 5) is 18.6. The van der Waals surface area contributed by atoms with Gasteiger partial charge in [0.05, 0.1) is 24.2 Å². The molecule has 0 spiro atoms. The first-order chi connectivity index (χ1) is 17.4. The molecule has 2 aromatic heterocycles. The molecule has 0 saturated carbocycles. The number of benzene rings is 3. The number of aromatic nitrogens is 3. The van der Waals surface area contributed by atoms with E-state index in [1.165, 1.54) is 4.68 Å². The minimum absolute atomic E-state index is 0.201. The van der Waals surface area contributed by atoms with Crippen LogP contribution in [0.15, 0.2) is 76.8 Å². The van der Waals surface area contributed by atoms with E-state index < -0.39 is 0 Å². The number of ether oxygens (including phenoxy) is 1. The molecule has 0 saturated heterocycles. The van der Waals surface area contributed by atoms with Crippen LogP contribution in [0, 0.1) is 6.92 Å². The van der Waals surface area contributed by atoms with Crippen LogP contribution in [0.5, 0.6) is 5.75 Å². The molecule has 6 nitrogen and oxygen atoms in total. The SMILES string of the molecule is CCn1cc(C=Nn2c(-c3cc(C(C)C)c(OC)cc3C)nc3ccccc3c2=O)c2ccccc21. The number of para-hydroxylation sites is 2. The van der Waals surface area contributed by atoms with E-state index in [-0.39, 0.29) is 11.5 Å². The Morgan fingerprint density at radius 2 is 1.78 bits per heavy atom. The smallest absolute Gasteiger partial charge is 0.282 e. The van der Waals surface area contributed by atoms with E-state index in [1.807, 2.05) is 43.3 Å². The third kappa shape index (κ3) is 3.98. The average Bonchev–Trinajstić information content (AvgIpc) is 3.25. The summed E-state index contributed by atoms with van der Waals surface area (Å²) in [6, 6.07) is 19.7. The number of aryl methyl sites for hydroxylation is 2. The van der Waals surface area contributed by atoms with Crippen molar-refractivity contribution >= 4 is 28.0 Å². The zero-order valence-electron chi connectivity index (χ0n) is 21.3. The van der Waals surface area contributed by atoms with Crippen LogP contribution in [0.3, 0.4) is 0 Å². The summed E-state index contributed by atoms with van der Waals surface area (Å²) in [5.41, 5.74) is 5.41. The predicted octanol–water partition coefficient (Wildman–Crippen LogP) is 6.36. The molecule has 5 aromatic rings. The second-order valence-corrected chi connectivity index (χ2v) is 9.27. The maximum atomic E-state index is 13.7. The molecule has 6 heteroatoms. The Morgan fingerprint density at radius 1 is 1.06 bits per heavy atom. The fourth-order valence-corrected chi connectivity index (χ4v) is 4.73. The van der Waals surface area contributed by atoms with Crippen LogP contribution < -0.4 is 10.3 Å². The van der Waals surface area contributed by atoms with Crippen LogP contribution in [-0.4, -0.2) is 27.6 Å². The number of fused-ring (bicyclic) bond motifs is 2. The first kappa shape index (κ1) is 23.5. The zero-order valence-corrected chi connectivity index (χ0v) is 21.3. The highest BCUT2D eigenvalue weighted by molar-refractivity contribution is 5.99. The molecule has 0 atom stereocenters. The van der Waals surface area contributed by atoms with Gasteiger partial charge in [0.2, 0.25) is 0 Å². The maximum absolute atomic E-state index is 13.7. The number of nitrogens with zero attached hydrogens (tertiary/aromatic N) is 4. The largest absolute Gasteiger partial charge is 0.496 e. The normalized spacial score (nSPS) is 11.8. The number of hydrogen-bond acceptors (Lipinski definition) is 4. The summed E-state index contributed by atoms with van der Waals surface area (Å²) in [7, 11) is 1.68. The summed E-state index contributed by atoms with van der Waals surface area (Å²) < 4.78 is 9.25. The molecule has 2 heterocycles. The van der Waals surface area contributed by atoms with E-state index in [1.54, 1.807) is 19.4 Å². The van der Waals surface area contributed by atoms with Crippen molar-refractivity contribution in [3.8, 4) is 17.1 Å². The highest BCUT2D eigenvalue weighted by atomic mass is 16.5. The summed E-state index contributed by atoms with van der Waals surface area (Å²) in [6.07, 6.45) is 3.83. The van der Waals surface area contributed by atoms with E-state index >= 15 is 0 Å². The van der Waals surface area contributed by atoms with Crippen molar-refractivity contribution < 1.29 is 4.74 Å². The van der Waals surface area contributed by atoms with Gasteiger partial charge in [0.25, 0.3) is 5.56 Å². The summed E-state index contributed by atoms with van der Waals surface area (Å²) in [5, 5.41) is 6.35. The second-order valence-electron chi connectivity index (χ2n) is 9.27. The fourth-order valence-electron chi connectivity index (χ4n) is 4.73. The lowest BCUT2D eigenvalue weighted by molar-refractivity contribution is 0.407. The first-order valence-corrected chi connectivity index (χ1v) is 12.3. The monoisotopic (exact) mass is 478 g/mol. The molecule has 182 valence electrons. The second kappa shape index (κ2) is 9.46. The van der Waals surface area contributed by atoms with E-state index in [2.05, 4.69) is 49.7 Å². The summed E-state index contributed by atoms with van der Waals surface area (Å²) in [6.45, 7) is 9.22. The van der Waals surface area contributed by atoms with Crippen molar-refractivity contribution in [2.75, 3.05) is 7.11 Å². The Bertz CT molecular complexity index is 1670. The molecule has 3 aromatic carbocycles. The summed E-state index contributed by atoms with van der Waals surface area (Å²) >= 11 is 0. The Balaban J connectivity index is 1.77. The van der Waals surface area contributed by atoms with Gasteiger partial charge in [-0.3, -0.25) is 4.79 Å². The van der Waals surface area contributed by atoms with E-state index in [0.717, 1.165) is 45.5 Å². The van der Waals surface area contributed by atoms with Gasteiger partial charge in [-0.1, -0.05) is 44.2 Å². The van der Waals surface area contributed by atoms with Gasteiger partial charge in [0.15, 0.2) is 5.82 Å². The van der Waals surface area contributed by atoms with Crippen molar-refractivity contribution in [3.63, 3.8) is 0 Å². The van der Waals surface area contributed by atoms with Crippen molar-refractivity contribution in [1.29, 1.82) is 0 Å². The average molecular weight is 479 g/mol. The van der Waals surface area contributed by atoms with E-state index in [4.69, 9.17) is 14.8 Å². The highest BCUT2D eigenvalue weighted by Gasteiger charge is 2.18. The van der Waals surface area contributed by atoms with Gasteiger partial charge in [-0.15, -0.1) is 0 Å². The molecule has 0 radical (unpaired) electrons. The third-order valence-electron chi connectivity index (χ3n) is 6.67. The van der Waals surface area contributed by atoms with Crippen LogP contribution in [-0.2, 0) is 6.54 Å². The predicted molar refractivity (Wildman–Crippen MR) is 147 cm³/mol. The molecule has 0 unspecified atom stereocenters. The lowest BCUT2D eigenvalue weighted by atomic mass is 9.96. The Labute approximate surface area is 210 Å². The van der Waals surface area contributed by atoms with Crippen molar-refractivity contribution in [2.24, 2.45) is 5.10 Å². The molecule has 0 bridgehead atoms. The van der Waals surface area contributed by atoms with Crippen LogP contribution in [0.1, 0.15) is 43.4 Å². The minimum atomic E-state index is -0.201. The van der Waals surface area contributed by atoms with Gasteiger partial charge in [0.1, 0.15) is 5.75 Å². The first-order valence-electron chi connectivity index (χ1n) is 12.3. The zero-order chi connectivity index (χ0) is 25.4. The van der Waals surface area contributed by atoms with Crippen LogP contribution in [0.4, 0.5) is 0 Å². The Hall–Kier alpha value is -4.19. The lowest BCUT2D eigenvalue weighted by Gasteiger charge is -2.17. The number of hydrogen-bond donors (Lipinski definition) is 0. The standard InChI is InChI=1S/C30H30N4O2/c1-6-33-18-21(22-11-8-10-14-27(22)33)17-31-34-29(32-26-13-9-7-12-23(26)30(34)35)25-16-24(19(2)3)28(36-5)15-20(25)4/h7-19H,6H2,1-5H3. The van der Waals surface area contributed by atoms with Gasteiger partial charge in [-0.25, -0.2) is 4.98 Å². The molecule has 0 aliphatic heterocycles. The van der Waals surface area contributed by atoms with Crippen LogP contribution in [0.2, 0.25) is 0 Å². The van der Waals surface area contributed by atoms with Crippen molar-refractivity contribution in [1.82, 2.24) is 14.2 Å². The van der Waals surface area contributed by atoms with Crippen LogP contribution >= 0.6 is 0 Å². The van der Waals surface area contributed by atoms with E-state index in [9.17, 15) is 4.79 Å². The molecule has 0 N–H and O–H groups in total. The molecular weight excluding hydrogens is 448 g/mol. The molecule has 5 rings (SSSR count). The Morgan fingerprint density at radius 3 is 2.50 bits per heavy atom. The minimum Gasteiger partial charge on any atom is -0.496 e. The maximum Gasteiger partial charge on any atom is 0.282 e. The highest BCUT2D eigenvalue weighted by Crippen LogP contribution is 2.34. The number of rotatable bonds is 6. The molecular formula is C30H30N4O2. The van der Waals surface area contributed by atoms with Gasteiger partial charge in [0, 0.05) is 34.8 Å². The van der Waals surface area contributed by atoms with Gasteiger partial charge in [-0.2, -0.15) is 9.78 Å². The quantitative estimate of drug-likeness (QED) is 0.267. The van der Waals surface area contributed by atoms with Gasteiger partial charge in [-0.05, 0) is 61.2 Å². The molecule has 0 aliphatic rings. The molecule has 0 fully saturated rings. The Kier molecular flexibility index (Phi) is 6.18. The topological polar surface area (TPSA) is 61.4 Å². The summed E-state index contributed by atoms with van der Waals surface area (Å²) in [5.74, 6) is 1.58. The molecule has 0 aliphatic carbocycles. The molecule has 0 amide bonds. The van der Waals surface area contributed by atoms with Gasteiger partial charge >= 0.3 is 0 Å². The van der Waals surface area contributed by atoms with Crippen molar-refractivity contribution in [2.45, 2.75) is 40.2 Å². The number of methoxy groups -OCH3 is 1. The van der Waals surface area contributed by atoms with Crippen molar-refractivity contribution in [3.05, 3.63) is 93.9 Å². The fraction of sp³-hybridized carbons (Fsp3) is 0.233. The third-order valence-corrected chi connectivity index (χ3v) is 6.67. The lowest BCUT2D eigenvalue weighted by Crippen LogP contribution is -2.20. The molecule has 36 heavy (non-hydrogen) atoms. The van der Waals surface area contributed by atoms with Crippen LogP contribution in [0.25, 0.3) is 33.2 Å². The van der Waals surface area contributed by atoms with E-state index in [0.29, 0.717) is 16.7 Å².